The van der Waals surface area contributed by atoms with E-state index >= 15 is 0 Å². The summed E-state index contributed by atoms with van der Waals surface area (Å²) >= 11 is 12.3. The molecular weight excluding hydrogens is 673 g/mol. The van der Waals surface area contributed by atoms with Gasteiger partial charge >= 0.3 is 0 Å². The number of sulfonamides is 1. The number of carbonyl (C=O) groups is 2. The van der Waals surface area contributed by atoms with Gasteiger partial charge < -0.3 is 19.7 Å². The SMILES string of the molecule is CCCCNC(=O)[C@H](Cc1ccccc1)N(Cc1ccc(Cl)cc1)C(=O)CN(c1ccc(Cl)cc1)S(=O)(=O)c1ccc(OC)c(OC)c1. The van der Waals surface area contributed by atoms with Crippen molar-refractivity contribution in [3.63, 3.8) is 0 Å². The van der Waals surface area contributed by atoms with Crippen molar-refractivity contribution in [2.45, 2.75) is 43.7 Å². The molecule has 1 N–H and O–H groups in total. The van der Waals surface area contributed by atoms with Gasteiger partial charge in [-0.05, 0) is 66.1 Å². The molecular formula is C36H39Cl2N3O6S. The molecule has 2 amide bonds. The van der Waals surface area contributed by atoms with E-state index < -0.39 is 28.5 Å². The second-order valence-electron chi connectivity index (χ2n) is 11.0. The fourth-order valence-corrected chi connectivity index (χ4v) is 6.77. The van der Waals surface area contributed by atoms with Crippen LogP contribution in [-0.4, -0.2) is 58.5 Å². The lowest BCUT2D eigenvalue weighted by atomic mass is 10.0. The maximum Gasteiger partial charge on any atom is 0.264 e. The number of halogens is 2. The van der Waals surface area contributed by atoms with E-state index in [-0.39, 0.29) is 35.2 Å². The van der Waals surface area contributed by atoms with Crippen molar-refractivity contribution >= 4 is 50.7 Å². The van der Waals surface area contributed by atoms with Crippen molar-refractivity contribution in [2.75, 3.05) is 31.6 Å². The van der Waals surface area contributed by atoms with Gasteiger partial charge in [-0.1, -0.05) is 79.0 Å². The van der Waals surface area contributed by atoms with Gasteiger partial charge in [0, 0.05) is 35.6 Å². The van der Waals surface area contributed by atoms with Crippen LogP contribution in [0.5, 0.6) is 11.5 Å². The van der Waals surface area contributed by atoms with Crippen LogP contribution in [0.25, 0.3) is 0 Å². The molecule has 0 aliphatic carbocycles. The predicted octanol–water partition coefficient (Wildman–Crippen LogP) is 6.76. The molecule has 48 heavy (non-hydrogen) atoms. The fraction of sp³-hybridized carbons (Fsp3) is 0.278. The highest BCUT2D eigenvalue weighted by molar-refractivity contribution is 7.92. The molecule has 0 saturated carbocycles. The lowest BCUT2D eigenvalue weighted by Crippen LogP contribution is -2.53. The molecule has 0 spiro atoms. The van der Waals surface area contributed by atoms with E-state index in [0.717, 1.165) is 22.7 Å². The normalized spacial score (nSPS) is 11.8. The molecule has 1 atom stereocenters. The lowest BCUT2D eigenvalue weighted by molar-refractivity contribution is -0.140. The number of anilines is 1. The summed E-state index contributed by atoms with van der Waals surface area (Å²) in [5.41, 5.74) is 1.77. The van der Waals surface area contributed by atoms with E-state index in [1.54, 1.807) is 36.4 Å². The third kappa shape index (κ3) is 9.43. The lowest BCUT2D eigenvalue weighted by Gasteiger charge is -2.34. The molecule has 0 bridgehead atoms. The summed E-state index contributed by atoms with van der Waals surface area (Å²) in [5, 5.41) is 3.89. The third-order valence-corrected chi connectivity index (χ3v) is 9.98. The summed E-state index contributed by atoms with van der Waals surface area (Å²) in [6.07, 6.45) is 1.85. The molecule has 0 fully saturated rings. The number of ether oxygens (including phenoxy) is 2. The Hall–Kier alpha value is -4.25. The van der Waals surface area contributed by atoms with Gasteiger partial charge in [-0.3, -0.25) is 13.9 Å². The Morgan fingerprint density at radius 1 is 0.812 bits per heavy atom. The second-order valence-corrected chi connectivity index (χ2v) is 13.7. The van der Waals surface area contributed by atoms with Crippen molar-refractivity contribution in [3.05, 3.63) is 118 Å². The Kier molecular flexibility index (Phi) is 13.1. The van der Waals surface area contributed by atoms with Gasteiger partial charge in [0.1, 0.15) is 12.6 Å². The summed E-state index contributed by atoms with van der Waals surface area (Å²) < 4.78 is 40.4. The van der Waals surface area contributed by atoms with Crippen LogP contribution in [0.15, 0.2) is 102 Å². The molecule has 254 valence electrons. The van der Waals surface area contributed by atoms with E-state index in [1.807, 2.05) is 37.3 Å². The first-order valence-corrected chi connectivity index (χ1v) is 17.6. The topological polar surface area (TPSA) is 105 Å². The van der Waals surface area contributed by atoms with Crippen LogP contribution in [0.2, 0.25) is 10.0 Å². The number of carbonyl (C=O) groups excluding carboxylic acids is 2. The van der Waals surface area contributed by atoms with Crippen LogP contribution in [0.1, 0.15) is 30.9 Å². The average molecular weight is 713 g/mol. The number of methoxy groups -OCH3 is 2. The highest BCUT2D eigenvalue weighted by atomic mass is 35.5. The zero-order valence-corrected chi connectivity index (χ0v) is 29.4. The first kappa shape index (κ1) is 36.6. The molecule has 4 aromatic rings. The van der Waals surface area contributed by atoms with E-state index in [9.17, 15) is 18.0 Å². The Bertz CT molecular complexity index is 1770. The number of hydrogen-bond donors (Lipinski definition) is 1. The smallest absolute Gasteiger partial charge is 0.264 e. The minimum atomic E-state index is -4.36. The number of benzene rings is 4. The van der Waals surface area contributed by atoms with E-state index in [0.29, 0.717) is 27.9 Å². The molecule has 0 aromatic heterocycles. The third-order valence-electron chi connectivity index (χ3n) is 7.70. The van der Waals surface area contributed by atoms with Crippen LogP contribution in [0.3, 0.4) is 0 Å². The zero-order chi connectivity index (χ0) is 34.7. The van der Waals surface area contributed by atoms with E-state index in [4.69, 9.17) is 32.7 Å². The number of hydrogen-bond acceptors (Lipinski definition) is 6. The standard InChI is InChI=1S/C36H39Cl2N3O6S/c1-4-5-21-39-36(43)32(22-26-9-7-6-8-10-26)40(24-27-11-13-28(37)14-12-27)35(42)25-41(30-17-15-29(38)16-18-30)48(44,45)31-19-20-33(46-2)34(23-31)47-3/h6-20,23,32H,4-5,21-22,24-25H2,1-3H3,(H,39,43)/t32-/m0/s1. The van der Waals surface area contributed by atoms with Crippen molar-refractivity contribution in [1.29, 1.82) is 0 Å². The molecule has 4 aromatic carbocycles. The Balaban J connectivity index is 1.80. The first-order chi connectivity index (χ1) is 23.1. The number of unbranched alkanes of at least 4 members (excludes halogenated alkanes) is 1. The van der Waals surface area contributed by atoms with Gasteiger partial charge in [-0.25, -0.2) is 8.42 Å². The molecule has 12 heteroatoms. The summed E-state index contributed by atoms with van der Waals surface area (Å²) in [4.78, 5) is 29.7. The number of nitrogens with zero attached hydrogens (tertiary/aromatic N) is 2. The quantitative estimate of drug-likeness (QED) is 0.129. The molecule has 0 heterocycles. The molecule has 0 aliphatic rings. The zero-order valence-electron chi connectivity index (χ0n) is 27.1. The molecule has 4 rings (SSSR count). The molecule has 0 aliphatic heterocycles. The van der Waals surface area contributed by atoms with Gasteiger partial charge in [0.05, 0.1) is 24.8 Å². The minimum Gasteiger partial charge on any atom is -0.493 e. The first-order valence-electron chi connectivity index (χ1n) is 15.4. The highest BCUT2D eigenvalue weighted by Gasteiger charge is 2.35. The Morgan fingerprint density at radius 2 is 1.44 bits per heavy atom. The molecule has 0 unspecified atom stereocenters. The van der Waals surface area contributed by atoms with Gasteiger partial charge in [0.15, 0.2) is 11.5 Å². The van der Waals surface area contributed by atoms with Crippen molar-refractivity contribution < 1.29 is 27.5 Å². The van der Waals surface area contributed by atoms with Crippen LogP contribution < -0.4 is 19.1 Å². The minimum absolute atomic E-state index is 0.0273. The van der Waals surface area contributed by atoms with E-state index in [2.05, 4.69) is 5.32 Å². The number of rotatable bonds is 16. The summed E-state index contributed by atoms with van der Waals surface area (Å²) in [6.45, 7) is 1.88. The summed E-state index contributed by atoms with van der Waals surface area (Å²) in [5.74, 6) is -0.375. The van der Waals surface area contributed by atoms with E-state index in [1.165, 1.54) is 49.5 Å². The second kappa shape index (κ2) is 17.2. The fourth-order valence-electron chi connectivity index (χ4n) is 5.09. The Labute approximate surface area is 292 Å². The van der Waals surface area contributed by atoms with Crippen molar-refractivity contribution in [3.8, 4) is 11.5 Å². The van der Waals surface area contributed by atoms with Gasteiger partial charge in [0.2, 0.25) is 11.8 Å². The average Bonchev–Trinajstić information content (AvgIpc) is 3.10. The Morgan fingerprint density at radius 3 is 2.04 bits per heavy atom. The van der Waals surface area contributed by atoms with Crippen molar-refractivity contribution in [2.24, 2.45) is 0 Å². The summed E-state index contributed by atoms with van der Waals surface area (Å²) in [7, 11) is -1.51. The highest BCUT2D eigenvalue weighted by Crippen LogP contribution is 2.33. The van der Waals surface area contributed by atoms with Crippen molar-refractivity contribution in [1.82, 2.24) is 10.2 Å². The van der Waals surface area contributed by atoms with Crippen LogP contribution >= 0.6 is 23.2 Å². The largest absolute Gasteiger partial charge is 0.493 e. The van der Waals surface area contributed by atoms with Crippen LogP contribution in [-0.2, 0) is 32.6 Å². The summed E-state index contributed by atoms with van der Waals surface area (Å²) in [6, 6.07) is 25.7. The molecule has 0 saturated heterocycles. The van der Waals surface area contributed by atoms with Crippen LogP contribution in [0.4, 0.5) is 5.69 Å². The van der Waals surface area contributed by atoms with Gasteiger partial charge in [-0.15, -0.1) is 0 Å². The predicted molar refractivity (Wildman–Crippen MR) is 189 cm³/mol. The maximum atomic E-state index is 14.6. The monoisotopic (exact) mass is 711 g/mol. The molecule has 0 radical (unpaired) electrons. The number of nitrogens with one attached hydrogen (secondary N) is 1. The molecule has 9 nitrogen and oxygen atoms in total. The maximum absolute atomic E-state index is 14.6. The van der Waals surface area contributed by atoms with Gasteiger partial charge in [0.25, 0.3) is 10.0 Å². The number of amides is 2. The van der Waals surface area contributed by atoms with Gasteiger partial charge in [-0.2, -0.15) is 0 Å². The van der Waals surface area contributed by atoms with Crippen LogP contribution in [0, 0.1) is 0 Å².